The zero-order chi connectivity index (χ0) is 28.0. The van der Waals surface area contributed by atoms with Gasteiger partial charge in [0, 0.05) is 16.4 Å². The van der Waals surface area contributed by atoms with Crippen molar-refractivity contribution in [1.82, 2.24) is 0 Å². The third-order valence-electron chi connectivity index (χ3n) is 9.43. The van der Waals surface area contributed by atoms with Crippen LogP contribution in [0.25, 0.3) is 66.1 Å². The first-order chi connectivity index (χ1) is 20.6. The summed E-state index contributed by atoms with van der Waals surface area (Å²) in [7, 11) is 0. The minimum Gasteiger partial charge on any atom is -0.456 e. The number of ether oxygens (including phenoxy) is 1. The van der Waals surface area contributed by atoms with Crippen LogP contribution in [0.3, 0.4) is 0 Å². The number of hydrogen-bond donors (Lipinski definition) is 0. The lowest BCUT2D eigenvalue weighted by atomic mass is 9.78. The summed E-state index contributed by atoms with van der Waals surface area (Å²) in [5, 5.41) is 5.05. The molecule has 0 N–H and O–H groups in total. The maximum absolute atomic E-state index is 6.38. The first-order valence-electron chi connectivity index (χ1n) is 14.7. The van der Waals surface area contributed by atoms with Crippen LogP contribution in [0.15, 0.2) is 133 Å². The molecule has 2 aliphatic rings. The fraction of sp³-hybridized carbons (Fsp3) is 0.0732. The van der Waals surface area contributed by atoms with Crippen LogP contribution in [0.4, 0.5) is 0 Å². The molecule has 1 heterocycles. The van der Waals surface area contributed by atoms with Crippen LogP contribution in [-0.4, -0.2) is 0 Å². The Balaban J connectivity index is 1.21. The van der Waals surface area contributed by atoms with Gasteiger partial charge in [-0.3, -0.25) is 0 Å². The molecule has 0 fully saturated rings. The van der Waals surface area contributed by atoms with E-state index in [4.69, 9.17) is 4.74 Å². The van der Waals surface area contributed by atoms with Gasteiger partial charge in [-0.15, -0.1) is 0 Å². The van der Waals surface area contributed by atoms with Crippen LogP contribution < -0.4 is 4.74 Å². The molecule has 1 aliphatic carbocycles. The van der Waals surface area contributed by atoms with Crippen molar-refractivity contribution in [3.8, 4) is 56.0 Å². The van der Waals surface area contributed by atoms with Crippen molar-refractivity contribution in [2.75, 3.05) is 0 Å². The first kappa shape index (κ1) is 23.6. The van der Waals surface area contributed by atoms with E-state index in [1.54, 1.807) is 0 Å². The molecule has 42 heavy (non-hydrogen) atoms. The Morgan fingerprint density at radius 2 is 1.12 bits per heavy atom. The molecule has 0 atom stereocenters. The highest BCUT2D eigenvalue weighted by molar-refractivity contribution is 6.06. The van der Waals surface area contributed by atoms with Crippen molar-refractivity contribution in [1.29, 1.82) is 0 Å². The van der Waals surface area contributed by atoms with Gasteiger partial charge in [-0.1, -0.05) is 123 Å². The molecule has 0 unspecified atom stereocenters. The predicted molar refractivity (Wildman–Crippen MR) is 175 cm³/mol. The first-order valence-corrected chi connectivity index (χ1v) is 14.7. The van der Waals surface area contributed by atoms with E-state index in [0.29, 0.717) is 0 Å². The van der Waals surface area contributed by atoms with Crippen LogP contribution in [-0.2, 0) is 5.41 Å². The summed E-state index contributed by atoms with van der Waals surface area (Å²) in [4.78, 5) is 0. The Morgan fingerprint density at radius 3 is 1.95 bits per heavy atom. The van der Waals surface area contributed by atoms with Crippen molar-refractivity contribution in [3.05, 3.63) is 145 Å². The van der Waals surface area contributed by atoms with Crippen LogP contribution in [0.5, 0.6) is 11.5 Å². The SMILES string of the molecule is CC1(C)c2cc(-c3ccc4c(c3)-c3cccc5cccc(c35)O4)ccc2-c2ccc3cccc(-c4ccccc4)c3c21. The summed E-state index contributed by atoms with van der Waals surface area (Å²) >= 11 is 0. The summed E-state index contributed by atoms with van der Waals surface area (Å²) in [5.41, 5.74) is 12.7. The summed E-state index contributed by atoms with van der Waals surface area (Å²) < 4.78 is 6.38. The largest absolute Gasteiger partial charge is 0.456 e. The second-order valence-electron chi connectivity index (χ2n) is 12.1. The van der Waals surface area contributed by atoms with Crippen LogP contribution >= 0.6 is 0 Å². The number of rotatable bonds is 2. The Labute approximate surface area is 245 Å². The molecule has 0 bridgehead atoms. The molecule has 7 aromatic carbocycles. The lowest BCUT2D eigenvalue weighted by molar-refractivity contribution is 0.487. The Bertz CT molecular complexity index is 2230. The van der Waals surface area contributed by atoms with Crippen molar-refractivity contribution in [2.45, 2.75) is 19.3 Å². The third kappa shape index (κ3) is 3.19. The molecule has 0 amide bonds. The molecular weight excluding hydrogens is 508 g/mol. The van der Waals surface area contributed by atoms with Gasteiger partial charge in [0.25, 0.3) is 0 Å². The monoisotopic (exact) mass is 536 g/mol. The molecule has 0 saturated heterocycles. The van der Waals surface area contributed by atoms with E-state index >= 15 is 0 Å². The minimum atomic E-state index is -0.146. The molecule has 9 rings (SSSR count). The van der Waals surface area contributed by atoms with Crippen LogP contribution in [0.2, 0.25) is 0 Å². The second-order valence-corrected chi connectivity index (χ2v) is 12.1. The van der Waals surface area contributed by atoms with Gasteiger partial charge in [0.1, 0.15) is 11.5 Å². The molecule has 1 heteroatoms. The van der Waals surface area contributed by atoms with E-state index in [9.17, 15) is 0 Å². The summed E-state index contributed by atoms with van der Waals surface area (Å²) in [6.07, 6.45) is 0. The molecule has 0 radical (unpaired) electrons. The molecule has 0 spiro atoms. The number of benzene rings is 7. The van der Waals surface area contributed by atoms with Gasteiger partial charge in [-0.05, 0) is 90.5 Å². The van der Waals surface area contributed by atoms with Crippen LogP contribution in [0, 0.1) is 0 Å². The molecule has 1 aliphatic heterocycles. The summed E-state index contributed by atoms with van der Waals surface area (Å²) in [5.74, 6) is 1.85. The number of fused-ring (bicyclic) bond motifs is 7. The average Bonchev–Trinajstić information content (AvgIpc) is 3.27. The Morgan fingerprint density at radius 1 is 0.429 bits per heavy atom. The van der Waals surface area contributed by atoms with Gasteiger partial charge in [-0.25, -0.2) is 0 Å². The standard InChI is InChI=1S/C41H28O/c1-41(2)35-24-29(28-19-22-36-34(23-28)32-15-7-11-26-13-8-16-37(42-36)38(26)32)18-20-31(35)33-21-17-27-12-6-14-30(39(27)40(33)41)25-9-4-3-5-10-25/h3-24H,1-2H3. The molecule has 0 aromatic heterocycles. The van der Waals surface area contributed by atoms with Crippen LogP contribution in [0.1, 0.15) is 25.0 Å². The summed E-state index contributed by atoms with van der Waals surface area (Å²) in [6, 6.07) is 48.6. The maximum atomic E-state index is 6.38. The highest BCUT2D eigenvalue weighted by Gasteiger charge is 2.38. The third-order valence-corrected chi connectivity index (χ3v) is 9.43. The van der Waals surface area contributed by atoms with Gasteiger partial charge in [0.05, 0.1) is 0 Å². The topological polar surface area (TPSA) is 9.23 Å². The van der Waals surface area contributed by atoms with Gasteiger partial charge in [0.15, 0.2) is 0 Å². The van der Waals surface area contributed by atoms with E-state index in [1.165, 1.54) is 71.6 Å². The fourth-order valence-electron chi connectivity index (χ4n) is 7.47. The fourth-order valence-corrected chi connectivity index (χ4v) is 7.47. The quantitative estimate of drug-likeness (QED) is 0.213. The Hall–Kier alpha value is -5.14. The molecule has 198 valence electrons. The predicted octanol–water partition coefficient (Wildman–Crippen LogP) is 11.4. The van der Waals surface area contributed by atoms with Crippen molar-refractivity contribution >= 4 is 21.5 Å². The van der Waals surface area contributed by atoms with Crippen molar-refractivity contribution in [2.24, 2.45) is 0 Å². The van der Waals surface area contributed by atoms with E-state index in [0.717, 1.165) is 17.1 Å². The second kappa shape index (κ2) is 8.44. The average molecular weight is 537 g/mol. The highest BCUT2D eigenvalue weighted by atomic mass is 16.5. The van der Waals surface area contributed by atoms with E-state index in [-0.39, 0.29) is 5.41 Å². The molecule has 0 saturated carbocycles. The minimum absolute atomic E-state index is 0.146. The molecule has 7 aromatic rings. The number of hydrogen-bond acceptors (Lipinski definition) is 1. The summed E-state index contributed by atoms with van der Waals surface area (Å²) in [6.45, 7) is 4.78. The zero-order valence-electron chi connectivity index (χ0n) is 23.6. The van der Waals surface area contributed by atoms with Crippen molar-refractivity contribution in [3.63, 3.8) is 0 Å². The van der Waals surface area contributed by atoms with Gasteiger partial charge >= 0.3 is 0 Å². The van der Waals surface area contributed by atoms with Crippen molar-refractivity contribution < 1.29 is 4.74 Å². The normalized spacial score (nSPS) is 13.9. The lowest BCUT2D eigenvalue weighted by Gasteiger charge is -2.25. The van der Waals surface area contributed by atoms with E-state index in [1.807, 2.05) is 0 Å². The Kier molecular flexibility index (Phi) is 4.73. The lowest BCUT2D eigenvalue weighted by Crippen LogP contribution is -2.16. The van der Waals surface area contributed by atoms with Gasteiger partial charge in [-0.2, -0.15) is 0 Å². The zero-order valence-corrected chi connectivity index (χ0v) is 23.6. The van der Waals surface area contributed by atoms with E-state index in [2.05, 4.69) is 147 Å². The van der Waals surface area contributed by atoms with E-state index < -0.39 is 0 Å². The smallest absolute Gasteiger partial charge is 0.135 e. The maximum Gasteiger partial charge on any atom is 0.135 e. The molecular formula is C41H28O. The van der Waals surface area contributed by atoms with Gasteiger partial charge in [0.2, 0.25) is 0 Å². The molecule has 1 nitrogen and oxygen atoms in total. The van der Waals surface area contributed by atoms with Gasteiger partial charge < -0.3 is 4.74 Å². The highest BCUT2D eigenvalue weighted by Crippen LogP contribution is 2.54.